The molecule has 0 bridgehead atoms. The Labute approximate surface area is 196 Å². The average molecular weight is 465 g/mol. The first-order valence-corrected chi connectivity index (χ1v) is 11.8. The lowest BCUT2D eigenvalue weighted by atomic mass is 10.0. The van der Waals surface area contributed by atoms with Gasteiger partial charge in [0.25, 0.3) is 5.56 Å². The highest BCUT2D eigenvalue weighted by molar-refractivity contribution is 6.30. The van der Waals surface area contributed by atoms with Crippen LogP contribution in [0.3, 0.4) is 0 Å². The second-order valence-corrected chi connectivity index (χ2v) is 9.51. The molecule has 1 aliphatic carbocycles. The number of anilines is 2. The van der Waals surface area contributed by atoms with Crippen LogP contribution in [0.25, 0.3) is 22.2 Å². The van der Waals surface area contributed by atoms with Gasteiger partial charge < -0.3 is 15.3 Å². The molecule has 1 aliphatic rings. The van der Waals surface area contributed by atoms with Gasteiger partial charge in [-0.15, -0.1) is 0 Å². The van der Waals surface area contributed by atoms with Crippen LogP contribution in [0, 0.1) is 5.82 Å². The van der Waals surface area contributed by atoms with Crippen LogP contribution >= 0.6 is 11.6 Å². The van der Waals surface area contributed by atoms with Gasteiger partial charge in [0.2, 0.25) is 0 Å². The van der Waals surface area contributed by atoms with Gasteiger partial charge in [-0.3, -0.25) is 4.79 Å². The molecule has 0 amide bonds. The predicted octanol–water partition coefficient (Wildman–Crippen LogP) is 7.24. The molecule has 5 nitrogen and oxygen atoms in total. The van der Waals surface area contributed by atoms with Crippen LogP contribution in [0.5, 0.6) is 0 Å². The summed E-state index contributed by atoms with van der Waals surface area (Å²) < 4.78 is 14.6. The van der Waals surface area contributed by atoms with Gasteiger partial charge in [-0.25, -0.2) is 9.37 Å². The minimum Gasteiger partial charge on any atom is -0.353 e. The molecule has 0 aliphatic heterocycles. The van der Waals surface area contributed by atoms with E-state index in [4.69, 9.17) is 11.6 Å². The zero-order valence-corrected chi connectivity index (χ0v) is 19.4. The van der Waals surface area contributed by atoms with Crippen molar-refractivity contribution in [2.75, 3.05) is 5.32 Å². The third-order valence-corrected chi connectivity index (χ3v) is 6.72. The van der Waals surface area contributed by atoms with Gasteiger partial charge >= 0.3 is 0 Å². The lowest BCUT2D eigenvalue weighted by molar-refractivity contribution is 0.631. The summed E-state index contributed by atoms with van der Waals surface area (Å²) >= 11 is 6.09. The number of pyridine rings is 2. The number of rotatable bonds is 5. The van der Waals surface area contributed by atoms with E-state index in [2.05, 4.69) is 26.3 Å². The van der Waals surface area contributed by atoms with Crippen LogP contribution in [0.4, 0.5) is 15.8 Å². The Morgan fingerprint density at radius 1 is 1.06 bits per heavy atom. The van der Waals surface area contributed by atoms with Crippen molar-refractivity contribution < 1.29 is 4.39 Å². The normalized spacial score (nSPS) is 14.5. The molecule has 0 spiro atoms. The summed E-state index contributed by atoms with van der Waals surface area (Å²) in [5.41, 5.74) is 4.45. The van der Waals surface area contributed by atoms with E-state index in [0.29, 0.717) is 10.9 Å². The van der Waals surface area contributed by atoms with Gasteiger partial charge in [-0.2, -0.15) is 0 Å². The highest BCUT2D eigenvalue weighted by Crippen LogP contribution is 2.37. The van der Waals surface area contributed by atoms with Crippen LogP contribution in [0.2, 0.25) is 5.02 Å². The zero-order valence-electron chi connectivity index (χ0n) is 18.6. The van der Waals surface area contributed by atoms with Crippen molar-refractivity contribution in [1.29, 1.82) is 0 Å². The standard InChI is InChI=1S/C26H26ClFN4O/c1-14(2)24-23(12-18(26(33)32-24)17-11-16(27)7-8-20(17)28)30-21-9-10-29-25-19(21)13-22(31-25)15-5-3-4-6-15/h7-15H,3-6H2,1-2H3,(H,32,33)(H2,29,30,31). The fourth-order valence-electron chi connectivity index (χ4n) is 4.77. The number of benzene rings is 1. The predicted molar refractivity (Wildman–Crippen MR) is 132 cm³/mol. The third kappa shape index (κ3) is 4.15. The fourth-order valence-corrected chi connectivity index (χ4v) is 4.94. The van der Waals surface area contributed by atoms with E-state index in [1.54, 1.807) is 12.3 Å². The number of nitrogens with zero attached hydrogens (tertiary/aromatic N) is 1. The number of H-pyrrole nitrogens is 2. The maximum absolute atomic E-state index is 14.6. The summed E-state index contributed by atoms with van der Waals surface area (Å²) in [7, 11) is 0. The summed E-state index contributed by atoms with van der Waals surface area (Å²) in [6.07, 6.45) is 6.67. The summed E-state index contributed by atoms with van der Waals surface area (Å²) in [6, 6.07) is 10.0. The Balaban J connectivity index is 1.61. The lowest BCUT2D eigenvalue weighted by Crippen LogP contribution is -2.15. The molecule has 0 unspecified atom stereocenters. The van der Waals surface area contributed by atoms with E-state index in [1.807, 2.05) is 19.9 Å². The second-order valence-electron chi connectivity index (χ2n) is 9.07. The van der Waals surface area contributed by atoms with Gasteiger partial charge in [0.15, 0.2) is 0 Å². The Kier molecular flexibility index (Phi) is 5.71. The van der Waals surface area contributed by atoms with Crippen molar-refractivity contribution in [1.82, 2.24) is 15.0 Å². The maximum atomic E-state index is 14.6. The third-order valence-electron chi connectivity index (χ3n) is 6.48. The van der Waals surface area contributed by atoms with E-state index < -0.39 is 5.82 Å². The van der Waals surface area contributed by atoms with Crippen molar-refractivity contribution in [3.8, 4) is 11.1 Å². The van der Waals surface area contributed by atoms with Crippen LogP contribution < -0.4 is 10.9 Å². The molecule has 0 atom stereocenters. The number of aromatic nitrogens is 3. The Morgan fingerprint density at radius 2 is 1.85 bits per heavy atom. The number of halogens is 2. The molecular formula is C26H26ClFN4O. The number of hydrogen-bond acceptors (Lipinski definition) is 3. The van der Waals surface area contributed by atoms with E-state index >= 15 is 0 Å². The Morgan fingerprint density at radius 3 is 2.61 bits per heavy atom. The number of nitrogens with one attached hydrogen (secondary N) is 3. The van der Waals surface area contributed by atoms with Crippen LogP contribution in [-0.4, -0.2) is 15.0 Å². The largest absolute Gasteiger partial charge is 0.353 e. The highest BCUT2D eigenvalue weighted by Gasteiger charge is 2.21. The van der Waals surface area contributed by atoms with Crippen LogP contribution in [0.1, 0.15) is 62.8 Å². The number of fused-ring (bicyclic) bond motifs is 1. The van der Waals surface area contributed by atoms with Crippen LogP contribution in [0.15, 0.2) is 47.4 Å². The van der Waals surface area contributed by atoms with E-state index in [9.17, 15) is 9.18 Å². The van der Waals surface area contributed by atoms with Crippen molar-refractivity contribution in [2.24, 2.45) is 0 Å². The molecule has 1 fully saturated rings. The topological polar surface area (TPSA) is 73.6 Å². The summed E-state index contributed by atoms with van der Waals surface area (Å²) in [6.45, 7) is 4.01. The molecule has 3 heterocycles. The average Bonchev–Trinajstić information content (AvgIpc) is 3.46. The molecule has 3 aromatic heterocycles. The zero-order chi connectivity index (χ0) is 23.1. The lowest BCUT2D eigenvalue weighted by Gasteiger charge is -2.17. The molecule has 170 valence electrons. The van der Waals surface area contributed by atoms with Crippen molar-refractivity contribution in [2.45, 2.75) is 51.4 Å². The first-order chi connectivity index (χ1) is 15.9. The SMILES string of the molecule is CC(C)c1[nH]c(=O)c(-c2cc(Cl)ccc2F)cc1Nc1ccnc2[nH]c(C3CCCC3)cc12. The van der Waals surface area contributed by atoms with Gasteiger partial charge in [0, 0.05) is 33.6 Å². The monoisotopic (exact) mass is 464 g/mol. The van der Waals surface area contributed by atoms with Gasteiger partial charge in [0.1, 0.15) is 11.5 Å². The van der Waals surface area contributed by atoms with Gasteiger partial charge in [0.05, 0.1) is 16.9 Å². The molecule has 0 radical (unpaired) electrons. The summed E-state index contributed by atoms with van der Waals surface area (Å²) in [4.78, 5) is 23.8. The van der Waals surface area contributed by atoms with Crippen molar-refractivity contribution >= 4 is 34.0 Å². The smallest absolute Gasteiger partial charge is 0.256 e. The first-order valence-electron chi connectivity index (χ1n) is 11.4. The van der Waals surface area contributed by atoms with Crippen molar-refractivity contribution in [3.63, 3.8) is 0 Å². The fraction of sp³-hybridized carbons (Fsp3) is 0.308. The molecule has 5 rings (SSSR count). The van der Waals surface area contributed by atoms with E-state index in [0.717, 1.165) is 28.1 Å². The molecule has 1 aromatic carbocycles. The highest BCUT2D eigenvalue weighted by atomic mass is 35.5. The minimum absolute atomic E-state index is 0.0519. The molecule has 3 N–H and O–H groups in total. The van der Waals surface area contributed by atoms with Gasteiger partial charge in [-0.1, -0.05) is 38.3 Å². The Bertz CT molecular complexity index is 1390. The molecule has 1 saturated carbocycles. The molecule has 7 heteroatoms. The van der Waals surface area contributed by atoms with Gasteiger partial charge in [-0.05, 0) is 61.1 Å². The number of hydrogen-bond donors (Lipinski definition) is 3. The molecule has 33 heavy (non-hydrogen) atoms. The quantitative estimate of drug-likeness (QED) is 0.291. The molecular weight excluding hydrogens is 439 g/mol. The van der Waals surface area contributed by atoms with E-state index in [1.165, 1.54) is 49.6 Å². The maximum Gasteiger partial charge on any atom is 0.256 e. The minimum atomic E-state index is -0.494. The summed E-state index contributed by atoms with van der Waals surface area (Å²) in [5.74, 6) is 0.103. The molecule has 0 saturated heterocycles. The second kappa shape index (κ2) is 8.67. The Hall–Kier alpha value is -3.12. The number of aromatic amines is 2. The van der Waals surface area contributed by atoms with Crippen LogP contribution in [-0.2, 0) is 0 Å². The van der Waals surface area contributed by atoms with E-state index in [-0.39, 0.29) is 22.6 Å². The molecule has 4 aromatic rings. The first kappa shape index (κ1) is 21.7. The van der Waals surface area contributed by atoms with Crippen molar-refractivity contribution in [3.05, 3.63) is 75.2 Å². The summed E-state index contributed by atoms with van der Waals surface area (Å²) in [5, 5.41) is 4.85.